The zero-order valence-corrected chi connectivity index (χ0v) is 19.5. The molecule has 0 saturated heterocycles. The van der Waals surface area contributed by atoms with Crippen LogP contribution in [0.15, 0.2) is 58.5 Å². The van der Waals surface area contributed by atoms with Gasteiger partial charge in [-0.2, -0.15) is 0 Å². The molecule has 2 heterocycles. The quantitative estimate of drug-likeness (QED) is 0.229. The summed E-state index contributed by atoms with van der Waals surface area (Å²) in [5.74, 6) is 0.852. The monoisotopic (exact) mass is 486 g/mol. The lowest BCUT2D eigenvalue weighted by molar-refractivity contribution is -0.113. The number of fused-ring (bicyclic) bond motifs is 1. The smallest absolute Gasteiger partial charge is 0.271 e. The first-order chi connectivity index (χ1) is 15.5. The molecule has 2 aromatic carbocycles. The molecule has 0 bridgehead atoms. The van der Waals surface area contributed by atoms with Crippen LogP contribution in [0.1, 0.15) is 0 Å². The van der Waals surface area contributed by atoms with Crippen molar-refractivity contribution in [2.45, 2.75) is 5.16 Å². The van der Waals surface area contributed by atoms with Crippen molar-refractivity contribution in [2.75, 3.05) is 25.3 Å². The Balaban J connectivity index is 1.57. The molecule has 0 atom stereocenters. The third kappa shape index (κ3) is 4.54. The first-order valence-corrected chi connectivity index (χ1v) is 11.6. The van der Waals surface area contributed by atoms with E-state index in [-0.39, 0.29) is 17.2 Å². The van der Waals surface area contributed by atoms with Crippen molar-refractivity contribution < 1.29 is 14.3 Å². The molecule has 2 aromatic heterocycles. The summed E-state index contributed by atoms with van der Waals surface area (Å²) < 4.78 is 13.2. The van der Waals surface area contributed by atoms with Crippen LogP contribution >= 0.6 is 35.3 Å². The van der Waals surface area contributed by atoms with Crippen molar-refractivity contribution >= 4 is 57.3 Å². The van der Waals surface area contributed by atoms with Crippen LogP contribution in [0.5, 0.6) is 11.5 Å². The van der Waals surface area contributed by atoms with Gasteiger partial charge in [0.15, 0.2) is 14.8 Å². The molecular formula is C21H18N4O4S3. The molecule has 0 aliphatic carbocycles. The molecule has 0 aliphatic heterocycles. The van der Waals surface area contributed by atoms with Crippen molar-refractivity contribution in [3.05, 3.63) is 62.8 Å². The topological polar surface area (TPSA) is 98.2 Å². The molecule has 0 radical (unpaired) electrons. The lowest BCUT2D eigenvalue weighted by Crippen LogP contribution is -2.16. The Kier molecular flexibility index (Phi) is 6.58. The second kappa shape index (κ2) is 9.55. The maximum atomic E-state index is 12.6. The molecule has 164 valence electrons. The molecular weight excluding hydrogens is 468 g/mol. The summed E-state index contributed by atoms with van der Waals surface area (Å²) >= 11 is 7.78. The van der Waals surface area contributed by atoms with Gasteiger partial charge in [-0.05, 0) is 36.5 Å². The van der Waals surface area contributed by atoms with Crippen LogP contribution in [0.3, 0.4) is 0 Å². The number of rotatable bonds is 7. The number of para-hydroxylation sites is 1. The van der Waals surface area contributed by atoms with E-state index in [9.17, 15) is 9.59 Å². The number of aromatic amines is 1. The largest absolute Gasteiger partial charge is 0.497 e. The number of nitrogens with one attached hydrogen (secondary N) is 2. The van der Waals surface area contributed by atoms with Crippen LogP contribution < -0.4 is 20.3 Å². The Morgan fingerprint density at radius 1 is 1.22 bits per heavy atom. The van der Waals surface area contributed by atoms with E-state index in [0.29, 0.717) is 36.6 Å². The summed E-state index contributed by atoms with van der Waals surface area (Å²) in [7, 11) is 3.06. The summed E-state index contributed by atoms with van der Waals surface area (Å²) in [5.41, 5.74) is 1.48. The highest BCUT2D eigenvalue weighted by Gasteiger charge is 2.15. The Bertz CT molecular complexity index is 1400. The summed E-state index contributed by atoms with van der Waals surface area (Å²) in [6, 6.07) is 14.6. The number of ether oxygens (including phenoxy) is 2. The highest BCUT2D eigenvalue weighted by Crippen LogP contribution is 2.29. The minimum atomic E-state index is -0.293. The van der Waals surface area contributed by atoms with Gasteiger partial charge in [0.1, 0.15) is 16.2 Å². The van der Waals surface area contributed by atoms with Crippen molar-refractivity contribution in [1.29, 1.82) is 0 Å². The number of H-pyrrole nitrogens is 1. The average Bonchev–Trinajstić information content (AvgIpc) is 3.14. The Labute approximate surface area is 196 Å². The van der Waals surface area contributed by atoms with Gasteiger partial charge in [0.05, 0.1) is 25.7 Å². The molecule has 0 spiro atoms. The van der Waals surface area contributed by atoms with Crippen molar-refractivity contribution in [2.24, 2.45) is 0 Å². The number of thiazole rings is 1. The highest BCUT2D eigenvalue weighted by molar-refractivity contribution is 7.99. The fourth-order valence-electron chi connectivity index (χ4n) is 3.00. The van der Waals surface area contributed by atoms with Gasteiger partial charge in [0, 0.05) is 11.8 Å². The van der Waals surface area contributed by atoms with E-state index in [4.69, 9.17) is 21.7 Å². The number of carbonyl (C=O) groups excluding carboxylic acids is 1. The molecule has 0 unspecified atom stereocenters. The fourth-order valence-corrected chi connectivity index (χ4v) is 4.93. The number of hydrogen-bond acceptors (Lipinski definition) is 8. The van der Waals surface area contributed by atoms with Gasteiger partial charge in [-0.3, -0.25) is 14.2 Å². The van der Waals surface area contributed by atoms with E-state index >= 15 is 0 Å². The summed E-state index contributed by atoms with van der Waals surface area (Å²) in [5, 5.41) is 3.12. The fraction of sp³-hybridized carbons (Fsp3) is 0.143. The standard InChI is InChI=1S/C21H18N4O4S3/c1-28-13-8-9-15(29-2)14(10-13)22-16(26)11-31-20-23-18-17(19(27)24-20)32-21(30)25(18)12-6-4-3-5-7-12/h3-10H,11H2,1-2H3,(H,22,26)(H,23,24,27). The number of benzene rings is 2. The van der Waals surface area contributed by atoms with Crippen LogP contribution in [-0.4, -0.2) is 40.4 Å². The third-order valence-electron chi connectivity index (χ3n) is 4.46. The van der Waals surface area contributed by atoms with Gasteiger partial charge in [-0.1, -0.05) is 41.3 Å². The lowest BCUT2D eigenvalue weighted by Gasteiger charge is -2.11. The first kappa shape index (κ1) is 22.1. The van der Waals surface area contributed by atoms with Gasteiger partial charge in [0.25, 0.3) is 5.56 Å². The molecule has 11 heteroatoms. The number of amides is 1. The number of carbonyl (C=O) groups is 1. The second-order valence-corrected chi connectivity index (χ2v) is 9.07. The number of nitrogens with zero attached hydrogens (tertiary/aromatic N) is 2. The van der Waals surface area contributed by atoms with Crippen molar-refractivity contribution in [1.82, 2.24) is 14.5 Å². The SMILES string of the molecule is COc1ccc(OC)c(NC(=O)CSc2nc3c(sc(=S)n3-c3ccccc3)c(=O)[nH]2)c1. The molecule has 4 rings (SSSR count). The first-order valence-electron chi connectivity index (χ1n) is 9.36. The number of aromatic nitrogens is 3. The maximum Gasteiger partial charge on any atom is 0.271 e. The van der Waals surface area contributed by atoms with Crippen molar-refractivity contribution in [3.8, 4) is 17.2 Å². The van der Waals surface area contributed by atoms with Crippen LogP contribution in [0.4, 0.5) is 5.69 Å². The van der Waals surface area contributed by atoms with E-state index in [1.165, 1.54) is 18.4 Å². The summed E-state index contributed by atoms with van der Waals surface area (Å²) in [6.45, 7) is 0. The molecule has 1 amide bonds. The summed E-state index contributed by atoms with van der Waals surface area (Å²) in [6.07, 6.45) is 0. The molecule has 4 aromatic rings. The van der Waals surface area contributed by atoms with Gasteiger partial charge < -0.3 is 19.8 Å². The minimum absolute atomic E-state index is 0.0328. The van der Waals surface area contributed by atoms with E-state index < -0.39 is 0 Å². The predicted molar refractivity (Wildman–Crippen MR) is 129 cm³/mol. The Morgan fingerprint density at radius 3 is 2.72 bits per heavy atom. The van der Waals surface area contributed by atoms with Crippen molar-refractivity contribution in [3.63, 3.8) is 0 Å². The molecule has 2 N–H and O–H groups in total. The van der Waals surface area contributed by atoms with E-state index in [0.717, 1.165) is 17.4 Å². The maximum absolute atomic E-state index is 12.6. The average molecular weight is 487 g/mol. The zero-order chi connectivity index (χ0) is 22.7. The van der Waals surface area contributed by atoms with Crippen LogP contribution in [0, 0.1) is 3.95 Å². The number of anilines is 1. The minimum Gasteiger partial charge on any atom is -0.497 e. The summed E-state index contributed by atoms with van der Waals surface area (Å²) in [4.78, 5) is 32.4. The second-order valence-electron chi connectivity index (χ2n) is 6.47. The van der Waals surface area contributed by atoms with E-state index in [1.54, 1.807) is 29.9 Å². The third-order valence-corrected chi connectivity index (χ3v) is 6.69. The number of thioether (sulfide) groups is 1. The van der Waals surface area contributed by atoms with Crippen LogP contribution in [0.25, 0.3) is 16.0 Å². The Morgan fingerprint density at radius 2 is 2.00 bits per heavy atom. The van der Waals surface area contributed by atoms with Gasteiger partial charge in [0.2, 0.25) is 5.91 Å². The number of hydrogen-bond donors (Lipinski definition) is 2. The predicted octanol–water partition coefficient (Wildman–Crippen LogP) is 4.25. The van der Waals surface area contributed by atoms with Gasteiger partial charge in [-0.15, -0.1) is 0 Å². The highest BCUT2D eigenvalue weighted by atomic mass is 32.2. The van der Waals surface area contributed by atoms with E-state index in [1.807, 2.05) is 30.3 Å². The molecule has 0 fully saturated rings. The zero-order valence-electron chi connectivity index (χ0n) is 17.1. The molecule has 32 heavy (non-hydrogen) atoms. The molecule has 8 nitrogen and oxygen atoms in total. The normalized spacial score (nSPS) is 10.8. The molecule has 0 aliphatic rings. The van der Waals surface area contributed by atoms with Gasteiger partial charge >= 0.3 is 0 Å². The van der Waals surface area contributed by atoms with Crippen LogP contribution in [-0.2, 0) is 4.79 Å². The number of methoxy groups -OCH3 is 2. The lowest BCUT2D eigenvalue weighted by atomic mass is 10.2. The molecule has 0 saturated carbocycles. The van der Waals surface area contributed by atoms with Crippen LogP contribution in [0.2, 0.25) is 0 Å². The van der Waals surface area contributed by atoms with Gasteiger partial charge in [-0.25, -0.2) is 4.98 Å². The van der Waals surface area contributed by atoms with E-state index in [2.05, 4.69) is 15.3 Å². The Hall–Kier alpha value is -3.15.